The highest BCUT2D eigenvalue weighted by atomic mass is 15.1. The molecule has 0 fully saturated rings. The van der Waals surface area contributed by atoms with Gasteiger partial charge in [-0.2, -0.15) is 0 Å². The Morgan fingerprint density at radius 2 is 0.957 bits per heavy atom. The average Bonchev–Trinajstić information content (AvgIpc) is 3.47. The molecule has 0 bridgehead atoms. The van der Waals surface area contributed by atoms with E-state index in [9.17, 15) is 0 Å². The minimum absolute atomic E-state index is 1.12. The number of benzene rings is 8. The van der Waals surface area contributed by atoms with Crippen LogP contribution in [0.25, 0.3) is 60.2 Å². The van der Waals surface area contributed by atoms with Gasteiger partial charge in [-0.25, -0.2) is 0 Å². The highest BCUT2D eigenvalue weighted by Gasteiger charge is 2.18. The molecule has 0 aliphatic rings. The van der Waals surface area contributed by atoms with Crippen LogP contribution in [0.15, 0.2) is 182 Å². The van der Waals surface area contributed by atoms with Gasteiger partial charge in [-0.05, 0) is 87.9 Å². The third-order valence-corrected chi connectivity index (χ3v) is 9.13. The molecule has 46 heavy (non-hydrogen) atoms. The number of para-hydroxylation sites is 2. The predicted octanol–water partition coefficient (Wildman–Crippen LogP) is 12.2. The maximum atomic E-state index is 2.42. The summed E-state index contributed by atoms with van der Waals surface area (Å²) < 4.78 is 2.42. The van der Waals surface area contributed by atoms with Crippen molar-refractivity contribution in [1.29, 1.82) is 0 Å². The zero-order valence-corrected chi connectivity index (χ0v) is 25.2. The molecule has 0 aliphatic carbocycles. The normalized spacial score (nSPS) is 11.5. The first kappa shape index (κ1) is 26.3. The van der Waals surface area contributed by atoms with Crippen LogP contribution in [0.2, 0.25) is 0 Å². The van der Waals surface area contributed by atoms with Crippen molar-refractivity contribution in [2.75, 3.05) is 4.90 Å². The van der Waals surface area contributed by atoms with Crippen LogP contribution in [0.1, 0.15) is 0 Å². The van der Waals surface area contributed by atoms with Gasteiger partial charge >= 0.3 is 0 Å². The van der Waals surface area contributed by atoms with E-state index < -0.39 is 0 Å². The number of rotatable bonds is 5. The highest BCUT2D eigenvalue weighted by Crippen LogP contribution is 2.41. The third-order valence-electron chi connectivity index (χ3n) is 9.13. The van der Waals surface area contributed by atoms with Crippen LogP contribution in [0, 0.1) is 0 Å². The summed E-state index contributed by atoms with van der Waals surface area (Å²) >= 11 is 0. The molecule has 0 atom stereocenters. The van der Waals surface area contributed by atoms with Gasteiger partial charge in [-0.15, -0.1) is 0 Å². The molecule has 0 saturated carbocycles. The van der Waals surface area contributed by atoms with E-state index in [1.165, 1.54) is 54.5 Å². The Bertz CT molecular complexity index is 2510. The summed E-state index contributed by atoms with van der Waals surface area (Å²) in [5, 5.41) is 7.49. The maximum absolute atomic E-state index is 2.42. The summed E-state index contributed by atoms with van der Waals surface area (Å²) in [5.41, 5.74) is 9.39. The summed E-state index contributed by atoms with van der Waals surface area (Å²) in [5.74, 6) is 0. The number of anilines is 3. The molecule has 2 nitrogen and oxygen atoms in total. The maximum Gasteiger partial charge on any atom is 0.0619 e. The van der Waals surface area contributed by atoms with Gasteiger partial charge in [0.15, 0.2) is 0 Å². The first-order chi connectivity index (χ1) is 22.8. The fraction of sp³-hybridized carbons (Fsp3) is 0. The molecule has 1 heterocycles. The van der Waals surface area contributed by atoms with E-state index in [1.807, 2.05) is 0 Å². The molecular formula is C44H30N2. The molecule has 0 N–H and O–H groups in total. The van der Waals surface area contributed by atoms with E-state index in [-0.39, 0.29) is 0 Å². The van der Waals surface area contributed by atoms with Gasteiger partial charge in [-0.1, -0.05) is 121 Å². The van der Waals surface area contributed by atoms with Crippen LogP contribution in [-0.2, 0) is 0 Å². The van der Waals surface area contributed by atoms with Gasteiger partial charge in [0, 0.05) is 38.9 Å². The van der Waals surface area contributed by atoms with E-state index in [1.54, 1.807) is 0 Å². The van der Waals surface area contributed by atoms with Crippen LogP contribution < -0.4 is 4.90 Å². The molecule has 9 rings (SSSR count). The van der Waals surface area contributed by atoms with Crippen LogP contribution in [0.4, 0.5) is 17.1 Å². The van der Waals surface area contributed by atoms with Crippen LogP contribution in [-0.4, -0.2) is 4.57 Å². The van der Waals surface area contributed by atoms with E-state index in [0.29, 0.717) is 0 Å². The Kier molecular flexibility index (Phi) is 6.17. The SMILES string of the molecule is c1ccc(N(c2ccc(-c3ccc4ccccc4c3)cc2)c2ccc3c(c2)c2ccc4ccccc4c2n3-c2ccccc2)cc1. The lowest BCUT2D eigenvalue weighted by atomic mass is 10.0. The van der Waals surface area contributed by atoms with Gasteiger partial charge in [-0.3, -0.25) is 0 Å². The van der Waals surface area contributed by atoms with Crippen molar-refractivity contribution >= 4 is 60.4 Å². The van der Waals surface area contributed by atoms with E-state index in [4.69, 9.17) is 0 Å². The summed E-state index contributed by atoms with van der Waals surface area (Å²) in [6.07, 6.45) is 0. The van der Waals surface area contributed by atoms with Gasteiger partial charge < -0.3 is 9.47 Å². The largest absolute Gasteiger partial charge is 0.310 e. The molecule has 0 saturated heterocycles. The minimum atomic E-state index is 1.12. The zero-order valence-electron chi connectivity index (χ0n) is 25.2. The lowest BCUT2D eigenvalue weighted by molar-refractivity contribution is 1.18. The number of fused-ring (bicyclic) bond motifs is 6. The summed E-state index contributed by atoms with van der Waals surface area (Å²) in [4.78, 5) is 2.36. The number of nitrogens with zero attached hydrogens (tertiary/aromatic N) is 2. The smallest absolute Gasteiger partial charge is 0.0619 e. The Hall–Kier alpha value is -6.12. The first-order valence-corrected chi connectivity index (χ1v) is 15.8. The molecule has 0 amide bonds. The molecule has 0 aliphatic heterocycles. The second kappa shape index (κ2) is 10.8. The fourth-order valence-electron chi connectivity index (χ4n) is 6.95. The highest BCUT2D eigenvalue weighted by molar-refractivity contribution is 6.19. The van der Waals surface area contributed by atoms with Crippen molar-refractivity contribution in [3.05, 3.63) is 182 Å². The van der Waals surface area contributed by atoms with Gasteiger partial charge in [0.25, 0.3) is 0 Å². The minimum Gasteiger partial charge on any atom is -0.310 e. The summed E-state index contributed by atoms with van der Waals surface area (Å²) in [6.45, 7) is 0. The van der Waals surface area contributed by atoms with E-state index in [0.717, 1.165) is 22.7 Å². The van der Waals surface area contributed by atoms with Crippen LogP contribution in [0.3, 0.4) is 0 Å². The Morgan fingerprint density at radius 1 is 0.348 bits per heavy atom. The Balaban J connectivity index is 1.22. The molecule has 0 radical (unpaired) electrons. The standard InChI is InChI=1S/C44H30N2/c1-3-14-36(15-4-1)45(38-24-21-32(22-25-38)35-20-19-31-11-7-8-13-34(31)29-35)39-26-28-43-42(30-39)41-27-23-33-12-9-10-18-40(33)44(41)46(43)37-16-5-2-6-17-37/h1-30H. The predicted molar refractivity (Wildman–Crippen MR) is 196 cm³/mol. The average molecular weight is 587 g/mol. The van der Waals surface area contributed by atoms with Crippen LogP contribution >= 0.6 is 0 Å². The van der Waals surface area contributed by atoms with E-state index >= 15 is 0 Å². The quantitative estimate of drug-likeness (QED) is 0.195. The van der Waals surface area contributed by atoms with Crippen molar-refractivity contribution in [2.24, 2.45) is 0 Å². The van der Waals surface area contributed by atoms with Crippen molar-refractivity contribution in [1.82, 2.24) is 4.57 Å². The monoisotopic (exact) mass is 586 g/mol. The second-order valence-electron chi connectivity index (χ2n) is 11.8. The van der Waals surface area contributed by atoms with Crippen molar-refractivity contribution in [3.8, 4) is 16.8 Å². The summed E-state index contributed by atoms with van der Waals surface area (Å²) in [6, 6.07) is 65.7. The van der Waals surface area contributed by atoms with Crippen LogP contribution in [0.5, 0.6) is 0 Å². The molecule has 0 unspecified atom stereocenters. The second-order valence-corrected chi connectivity index (χ2v) is 11.8. The Morgan fingerprint density at radius 3 is 1.76 bits per heavy atom. The topological polar surface area (TPSA) is 8.17 Å². The fourth-order valence-corrected chi connectivity index (χ4v) is 6.95. The Labute approximate surface area is 268 Å². The van der Waals surface area contributed by atoms with Crippen molar-refractivity contribution < 1.29 is 0 Å². The molecule has 8 aromatic carbocycles. The number of aromatic nitrogens is 1. The molecular weight excluding hydrogens is 556 g/mol. The molecule has 1 aromatic heterocycles. The lowest BCUT2D eigenvalue weighted by Gasteiger charge is -2.26. The molecule has 2 heteroatoms. The van der Waals surface area contributed by atoms with Crippen molar-refractivity contribution in [3.63, 3.8) is 0 Å². The molecule has 0 spiro atoms. The molecule has 9 aromatic rings. The van der Waals surface area contributed by atoms with Gasteiger partial charge in [0.05, 0.1) is 11.0 Å². The third kappa shape index (κ3) is 4.35. The summed E-state index contributed by atoms with van der Waals surface area (Å²) in [7, 11) is 0. The first-order valence-electron chi connectivity index (χ1n) is 15.8. The van der Waals surface area contributed by atoms with E-state index in [2.05, 4.69) is 191 Å². The van der Waals surface area contributed by atoms with Gasteiger partial charge in [0.1, 0.15) is 0 Å². The number of hydrogen-bond acceptors (Lipinski definition) is 1. The molecule has 216 valence electrons. The van der Waals surface area contributed by atoms with Gasteiger partial charge in [0.2, 0.25) is 0 Å². The number of hydrogen-bond donors (Lipinski definition) is 0. The zero-order chi connectivity index (χ0) is 30.5. The van der Waals surface area contributed by atoms with Crippen molar-refractivity contribution in [2.45, 2.75) is 0 Å². The lowest BCUT2D eigenvalue weighted by Crippen LogP contribution is -2.09.